The number of hydrogen-bond acceptors (Lipinski definition) is 8. The van der Waals surface area contributed by atoms with Gasteiger partial charge in [-0.25, -0.2) is 14.1 Å². The van der Waals surface area contributed by atoms with Crippen LogP contribution in [0.4, 0.5) is 20.6 Å². The third-order valence-corrected chi connectivity index (χ3v) is 6.56. The first-order chi connectivity index (χ1) is 19.2. The smallest absolute Gasteiger partial charge is 0.335 e. The van der Waals surface area contributed by atoms with Gasteiger partial charge in [0.1, 0.15) is 11.4 Å². The second kappa shape index (κ2) is 11.2. The number of hydrogen-bond donors (Lipinski definition) is 2. The number of urea groups is 1. The van der Waals surface area contributed by atoms with E-state index in [1.54, 1.807) is 12.1 Å². The van der Waals surface area contributed by atoms with Crippen molar-refractivity contribution in [1.82, 2.24) is 5.32 Å². The van der Waals surface area contributed by atoms with E-state index in [2.05, 4.69) is 10.6 Å². The summed E-state index contributed by atoms with van der Waals surface area (Å²) in [6, 6.07) is 12.0. The normalized spacial score (nSPS) is 15.2. The second-order valence-corrected chi connectivity index (χ2v) is 9.54. The lowest BCUT2D eigenvalue weighted by Crippen LogP contribution is -2.54. The first-order valence-electron chi connectivity index (χ1n) is 11.6. The molecule has 3 aromatic rings. The maximum absolute atomic E-state index is 13.3. The van der Waals surface area contributed by atoms with E-state index < -0.39 is 29.6 Å². The maximum Gasteiger partial charge on any atom is 0.335 e. The predicted octanol–water partition coefficient (Wildman–Crippen LogP) is 3.85. The van der Waals surface area contributed by atoms with E-state index in [-0.39, 0.29) is 36.2 Å². The molecule has 13 heteroatoms. The van der Waals surface area contributed by atoms with Crippen LogP contribution in [0.5, 0.6) is 23.0 Å². The lowest BCUT2D eigenvalue weighted by molar-refractivity contribution is -0.122. The molecule has 0 aliphatic carbocycles. The standard InChI is InChI=1S/C27H19FIN3O8/c1-37-22-10-14(9-19(29)24(22)38-12-23(33)30-16-4-2-15(28)3-5-16)8-18-25(34)31-27(36)32(26(18)35)17-6-7-20-21(11-17)40-13-39-20/h2-11H,12-13H2,1H3,(H,30,33)(H,31,34,36)/b18-8+. The third-order valence-electron chi connectivity index (χ3n) is 5.75. The van der Waals surface area contributed by atoms with Gasteiger partial charge >= 0.3 is 6.03 Å². The van der Waals surface area contributed by atoms with Gasteiger partial charge in [0.05, 0.1) is 16.4 Å². The number of barbiturate groups is 1. The molecule has 0 spiro atoms. The van der Waals surface area contributed by atoms with Gasteiger partial charge < -0.3 is 24.3 Å². The minimum Gasteiger partial charge on any atom is -0.493 e. The summed E-state index contributed by atoms with van der Waals surface area (Å²) in [5, 5.41) is 4.76. The van der Waals surface area contributed by atoms with Crippen LogP contribution in [0.3, 0.4) is 0 Å². The van der Waals surface area contributed by atoms with Crippen molar-refractivity contribution in [2.75, 3.05) is 30.7 Å². The minimum atomic E-state index is -0.902. The largest absolute Gasteiger partial charge is 0.493 e. The van der Waals surface area contributed by atoms with E-state index >= 15 is 0 Å². The molecule has 1 fully saturated rings. The van der Waals surface area contributed by atoms with Crippen LogP contribution in [0.2, 0.25) is 0 Å². The first-order valence-corrected chi connectivity index (χ1v) is 12.7. The van der Waals surface area contributed by atoms with Crippen LogP contribution >= 0.6 is 22.6 Å². The van der Waals surface area contributed by atoms with Crippen molar-refractivity contribution in [3.8, 4) is 23.0 Å². The molecule has 2 aliphatic rings. The topological polar surface area (TPSA) is 133 Å². The van der Waals surface area contributed by atoms with Crippen LogP contribution in [0.25, 0.3) is 6.08 Å². The number of carbonyl (C=O) groups excluding carboxylic acids is 4. The summed E-state index contributed by atoms with van der Waals surface area (Å²) in [4.78, 5) is 51.6. The van der Waals surface area contributed by atoms with Crippen LogP contribution in [0, 0.1) is 9.39 Å². The third kappa shape index (κ3) is 5.54. The Balaban J connectivity index is 1.36. The zero-order valence-corrected chi connectivity index (χ0v) is 22.8. The molecule has 0 unspecified atom stereocenters. The molecule has 0 aromatic heterocycles. The van der Waals surface area contributed by atoms with Crippen molar-refractivity contribution in [2.24, 2.45) is 0 Å². The molecular weight excluding hydrogens is 640 g/mol. The average molecular weight is 659 g/mol. The summed E-state index contributed by atoms with van der Waals surface area (Å²) in [6.45, 7) is -0.348. The number of anilines is 2. The van der Waals surface area contributed by atoms with E-state index in [0.29, 0.717) is 26.3 Å². The van der Waals surface area contributed by atoms with Crippen molar-refractivity contribution in [2.45, 2.75) is 0 Å². The van der Waals surface area contributed by atoms with Gasteiger partial charge in [-0.15, -0.1) is 0 Å². The number of benzene rings is 3. The molecule has 5 amide bonds. The summed E-state index contributed by atoms with van der Waals surface area (Å²) >= 11 is 1.96. The SMILES string of the molecule is COc1cc(/C=C2\C(=O)NC(=O)N(c3ccc4c(c3)OCO4)C2=O)cc(I)c1OCC(=O)Nc1ccc(F)cc1. The minimum absolute atomic E-state index is 0.0155. The predicted molar refractivity (Wildman–Crippen MR) is 148 cm³/mol. The number of carbonyl (C=O) groups is 4. The Morgan fingerprint density at radius 3 is 2.60 bits per heavy atom. The van der Waals surface area contributed by atoms with E-state index in [9.17, 15) is 23.6 Å². The molecule has 2 N–H and O–H groups in total. The van der Waals surface area contributed by atoms with E-state index in [1.165, 1.54) is 55.7 Å². The molecule has 2 heterocycles. The number of rotatable bonds is 7. The summed E-state index contributed by atoms with van der Waals surface area (Å²) in [7, 11) is 1.40. The molecule has 2 aliphatic heterocycles. The van der Waals surface area contributed by atoms with Gasteiger partial charge in [-0.3, -0.25) is 19.7 Å². The van der Waals surface area contributed by atoms with Gasteiger partial charge in [-0.2, -0.15) is 0 Å². The van der Waals surface area contributed by atoms with Gasteiger partial charge in [0.15, 0.2) is 29.6 Å². The number of methoxy groups -OCH3 is 1. The first kappa shape index (κ1) is 26.9. The summed E-state index contributed by atoms with van der Waals surface area (Å²) < 4.78 is 35.3. The van der Waals surface area contributed by atoms with Crippen molar-refractivity contribution in [1.29, 1.82) is 0 Å². The van der Waals surface area contributed by atoms with Crippen LogP contribution in [0.1, 0.15) is 5.56 Å². The molecule has 40 heavy (non-hydrogen) atoms. The lowest BCUT2D eigenvalue weighted by atomic mass is 10.1. The number of ether oxygens (including phenoxy) is 4. The quantitative estimate of drug-likeness (QED) is 0.222. The lowest BCUT2D eigenvalue weighted by Gasteiger charge is -2.26. The molecule has 0 bridgehead atoms. The van der Waals surface area contributed by atoms with Crippen LogP contribution in [-0.4, -0.2) is 44.3 Å². The number of halogens is 2. The van der Waals surface area contributed by atoms with Gasteiger partial charge in [0.25, 0.3) is 17.7 Å². The molecule has 204 valence electrons. The van der Waals surface area contributed by atoms with E-state index in [1.807, 2.05) is 22.6 Å². The number of amides is 5. The fraction of sp³-hybridized carbons (Fsp3) is 0.111. The number of nitrogens with zero attached hydrogens (tertiary/aromatic N) is 1. The Bertz CT molecular complexity index is 1570. The van der Waals surface area contributed by atoms with E-state index in [4.69, 9.17) is 18.9 Å². The van der Waals surface area contributed by atoms with Crippen molar-refractivity contribution >= 4 is 63.8 Å². The highest BCUT2D eigenvalue weighted by Gasteiger charge is 2.37. The zero-order valence-electron chi connectivity index (χ0n) is 20.7. The van der Waals surface area contributed by atoms with Gasteiger partial charge in [-0.1, -0.05) is 0 Å². The molecular formula is C27H19FIN3O8. The van der Waals surface area contributed by atoms with Crippen LogP contribution in [-0.2, 0) is 14.4 Å². The molecule has 5 rings (SSSR count). The molecule has 1 saturated heterocycles. The van der Waals surface area contributed by atoms with Gasteiger partial charge in [0.2, 0.25) is 6.79 Å². The van der Waals surface area contributed by atoms with E-state index in [0.717, 1.165) is 4.90 Å². The Morgan fingerprint density at radius 1 is 1.10 bits per heavy atom. The highest BCUT2D eigenvalue weighted by atomic mass is 127. The molecule has 0 radical (unpaired) electrons. The van der Waals surface area contributed by atoms with Gasteiger partial charge in [0, 0.05) is 11.8 Å². The van der Waals surface area contributed by atoms with Gasteiger partial charge in [-0.05, 0) is 82.8 Å². The maximum atomic E-state index is 13.3. The highest BCUT2D eigenvalue weighted by Crippen LogP contribution is 2.37. The highest BCUT2D eigenvalue weighted by molar-refractivity contribution is 14.1. The van der Waals surface area contributed by atoms with Crippen molar-refractivity contribution in [3.05, 3.63) is 75.1 Å². The Hall–Kier alpha value is -4.66. The monoisotopic (exact) mass is 659 g/mol. The average Bonchev–Trinajstić information content (AvgIpc) is 3.39. The molecule has 3 aromatic carbocycles. The summed E-state index contributed by atoms with van der Waals surface area (Å²) in [6.07, 6.45) is 1.32. The van der Waals surface area contributed by atoms with Crippen LogP contribution in [0.15, 0.2) is 60.2 Å². The molecule has 0 saturated carbocycles. The summed E-state index contributed by atoms with van der Waals surface area (Å²) in [5.41, 5.74) is 0.715. The number of nitrogens with one attached hydrogen (secondary N) is 2. The zero-order chi connectivity index (χ0) is 28.4. The fourth-order valence-corrected chi connectivity index (χ4v) is 4.70. The molecule has 0 atom stereocenters. The Morgan fingerprint density at radius 2 is 1.85 bits per heavy atom. The number of imide groups is 2. The van der Waals surface area contributed by atoms with Crippen molar-refractivity contribution in [3.63, 3.8) is 0 Å². The second-order valence-electron chi connectivity index (χ2n) is 8.37. The molecule has 11 nitrogen and oxygen atoms in total. The van der Waals surface area contributed by atoms with Crippen LogP contribution < -0.4 is 34.5 Å². The Kier molecular flexibility index (Phi) is 7.55. The summed E-state index contributed by atoms with van der Waals surface area (Å²) in [5.74, 6) is -1.27. The fourth-order valence-electron chi connectivity index (χ4n) is 3.91. The Labute approximate surface area is 240 Å². The van der Waals surface area contributed by atoms with Crippen molar-refractivity contribution < 1.29 is 42.5 Å². The number of fused-ring (bicyclic) bond motifs is 1.